The van der Waals surface area contributed by atoms with Crippen LogP contribution < -0.4 is 4.90 Å². The van der Waals surface area contributed by atoms with E-state index in [0.29, 0.717) is 0 Å². The largest absolute Gasteiger partial charge is 0.311 e. The fourth-order valence-electron chi connectivity index (χ4n) is 7.66. The van der Waals surface area contributed by atoms with E-state index in [1.165, 1.54) is 22.3 Å². The Morgan fingerprint density at radius 3 is 1.31 bits per heavy atom. The molecule has 3 aromatic heterocycles. The monoisotopic (exact) mass is 692 g/mol. The number of rotatable bonds is 9. The molecule has 0 amide bonds. The van der Waals surface area contributed by atoms with Gasteiger partial charge in [-0.05, 0) is 136 Å². The van der Waals surface area contributed by atoms with Crippen molar-refractivity contribution < 1.29 is 0 Å². The van der Waals surface area contributed by atoms with E-state index in [2.05, 4.69) is 173 Å². The third kappa shape index (κ3) is 6.10. The van der Waals surface area contributed by atoms with Crippen LogP contribution >= 0.6 is 0 Å². The summed E-state index contributed by atoms with van der Waals surface area (Å²) in [6, 6.07) is 61.9. The zero-order valence-electron chi connectivity index (χ0n) is 29.6. The lowest BCUT2D eigenvalue weighted by molar-refractivity contribution is 0.734. The first-order chi connectivity index (χ1) is 26.8. The van der Waals surface area contributed by atoms with E-state index < -0.39 is 5.41 Å². The number of benzene rings is 5. The Labute approximate surface area is 316 Å². The van der Waals surface area contributed by atoms with Crippen molar-refractivity contribution in [2.75, 3.05) is 4.90 Å². The van der Waals surface area contributed by atoms with Crippen LogP contribution in [-0.2, 0) is 5.41 Å². The van der Waals surface area contributed by atoms with Crippen LogP contribution in [0.5, 0.6) is 0 Å². The van der Waals surface area contributed by atoms with E-state index in [4.69, 9.17) is 4.98 Å². The Bertz CT molecular complexity index is 2430. The minimum Gasteiger partial charge on any atom is -0.311 e. The van der Waals surface area contributed by atoms with Gasteiger partial charge in [0.25, 0.3) is 0 Å². The SMILES string of the molecule is C(=C\c1ccccn1)/c1ccc2c(c1)C(c1ccc(N(c3ccccc3)c3ccccc3)cc1)(c1ccccn1)c1cc(/C=C/c3ccccn3)ccc1-2. The Hall–Kier alpha value is -7.17. The molecule has 0 radical (unpaired) electrons. The minimum absolute atomic E-state index is 0.696. The van der Waals surface area contributed by atoms with Gasteiger partial charge in [-0.15, -0.1) is 0 Å². The summed E-state index contributed by atoms with van der Waals surface area (Å²) >= 11 is 0. The zero-order valence-corrected chi connectivity index (χ0v) is 29.6. The summed E-state index contributed by atoms with van der Waals surface area (Å²) in [5.41, 5.74) is 13.5. The normalized spacial score (nSPS) is 12.8. The number of fused-ring (bicyclic) bond motifs is 3. The number of aromatic nitrogens is 3. The van der Waals surface area contributed by atoms with Gasteiger partial charge in [0.2, 0.25) is 0 Å². The first-order valence-electron chi connectivity index (χ1n) is 18.2. The van der Waals surface area contributed by atoms with E-state index in [9.17, 15) is 0 Å². The summed E-state index contributed by atoms with van der Waals surface area (Å²) in [4.78, 5) is 16.5. The lowest BCUT2D eigenvalue weighted by Gasteiger charge is -2.33. The zero-order chi connectivity index (χ0) is 36.2. The average molecular weight is 693 g/mol. The molecule has 0 fully saturated rings. The van der Waals surface area contributed by atoms with Crippen LogP contribution in [0.4, 0.5) is 17.1 Å². The van der Waals surface area contributed by atoms with Crippen molar-refractivity contribution in [3.8, 4) is 11.1 Å². The van der Waals surface area contributed by atoms with Gasteiger partial charge in [0.05, 0.1) is 22.5 Å². The first-order valence-corrected chi connectivity index (χ1v) is 18.2. The van der Waals surface area contributed by atoms with Crippen molar-refractivity contribution in [2.24, 2.45) is 0 Å². The summed E-state index contributed by atoms with van der Waals surface area (Å²) in [5, 5.41) is 0. The molecular formula is C50H36N4. The molecule has 8 aromatic rings. The number of anilines is 3. The molecule has 1 aliphatic rings. The van der Waals surface area contributed by atoms with Crippen molar-refractivity contribution >= 4 is 41.4 Å². The molecule has 4 nitrogen and oxygen atoms in total. The van der Waals surface area contributed by atoms with Crippen molar-refractivity contribution in [2.45, 2.75) is 5.41 Å². The van der Waals surface area contributed by atoms with Crippen LogP contribution in [0.3, 0.4) is 0 Å². The lowest BCUT2D eigenvalue weighted by Crippen LogP contribution is -2.30. The molecule has 0 bridgehead atoms. The highest BCUT2D eigenvalue weighted by molar-refractivity contribution is 5.89. The number of hydrogen-bond acceptors (Lipinski definition) is 4. The standard InChI is InChI=1S/C50H36N4/c1-3-15-42(16-4-1)54(43-17-5-2-6-18-43)44-28-24-39(25-29-44)50(49-19-9-12-34-53-49)47-35-37(20-26-40-13-7-10-32-51-40)22-30-45(47)46-31-23-38(36-48(46)50)21-27-41-14-8-11-33-52-41/h1-36H/b26-20+,27-21+. The van der Waals surface area contributed by atoms with Crippen LogP contribution in [-0.4, -0.2) is 15.0 Å². The second-order valence-electron chi connectivity index (χ2n) is 13.3. The second kappa shape index (κ2) is 14.5. The van der Waals surface area contributed by atoms with E-state index >= 15 is 0 Å². The van der Waals surface area contributed by atoms with E-state index in [1.807, 2.05) is 61.1 Å². The molecule has 3 heterocycles. The van der Waals surface area contributed by atoms with Gasteiger partial charge in [-0.25, -0.2) is 0 Å². The average Bonchev–Trinajstić information content (AvgIpc) is 3.54. The molecule has 0 spiro atoms. The van der Waals surface area contributed by atoms with Crippen LogP contribution in [0.15, 0.2) is 195 Å². The van der Waals surface area contributed by atoms with Gasteiger partial charge in [0.1, 0.15) is 0 Å². The van der Waals surface area contributed by atoms with Gasteiger partial charge in [-0.3, -0.25) is 15.0 Å². The lowest BCUT2D eigenvalue weighted by atomic mass is 9.69. The third-order valence-electron chi connectivity index (χ3n) is 10.1. The smallest absolute Gasteiger partial charge is 0.0886 e. The molecule has 0 aliphatic heterocycles. The predicted molar refractivity (Wildman–Crippen MR) is 223 cm³/mol. The summed E-state index contributed by atoms with van der Waals surface area (Å²) in [6.45, 7) is 0. The van der Waals surface area contributed by atoms with Crippen molar-refractivity contribution in [1.82, 2.24) is 15.0 Å². The number of para-hydroxylation sites is 2. The highest BCUT2D eigenvalue weighted by atomic mass is 15.1. The molecule has 0 atom stereocenters. The number of pyridine rings is 3. The fourth-order valence-corrected chi connectivity index (χ4v) is 7.66. The third-order valence-corrected chi connectivity index (χ3v) is 10.1. The van der Waals surface area contributed by atoms with Gasteiger partial charge in [-0.1, -0.05) is 103 Å². The van der Waals surface area contributed by atoms with Gasteiger partial charge >= 0.3 is 0 Å². The summed E-state index contributed by atoms with van der Waals surface area (Å²) in [7, 11) is 0. The van der Waals surface area contributed by atoms with E-state index in [0.717, 1.165) is 50.8 Å². The summed E-state index contributed by atoms with van der Waals surface area (Å²) in [6.07, 6.45) is 14.0. The molecule has 0 N–H and O–H groups in total. The highest BCUT2D eigenvalue weighted by Gasteiger charge is 2.47. The Morgan fingerprint density at radius 1 is 0.389 bits per heavy atom. The van der Waals surface area contributed by atoms with Crippen LogP contribution in [0.2, 0.25) is 0 Å². The van der Waals surface area contributed by atoms with E-state index in [-0.39, 0.29) is 0 Å². The van der Waals surface area contributed by atoms with E-state index in [1.54, 1.807) is 0 Å². The molecule has 0 saturated heterocycles. The highest BCUT2D eigenvalue weighted by Crippen LogP contribution is 2.56. The van der Waals surface area contributed by atoms with Crippen molar-refractivity contribution in [1.29, 1.82) is 0 Å². The van der Waals surface area contributed by atoms with Gasteiger partial charge in [-0.2, -0.15) is 0 Å². The first kappa shape index (κ1) is 32.7. The van der Waals surface area contributed by atoms with Crippen molar-refractivity contribution in [3.63, 3.8) is 0 Å². The van der Waals surface area contributed by atoms with Gasteiger partial charge < -0.3 is 4.90 Å². The molecule has 0 saturated carbocycles. The van der Waals surface area contributed by atoms with Crippen LogP contribution in [0.25, 0.3) is 35.4 Å². The molecule has 5 aromatic carbocycles. The fraction of sp³-hybridized carbons (Fsp3) is 0.0200. The molecular weight excluding hydrogens is 657 g/mol. The molecule has 54 heavy (non-hydrogen) atoms. The molecule has 256 valence electrons. The van der Waals surface area contributed by atoms with Crippen molar-refractivity contribution in [3.05, 3.63) is 239 Å². The number of hydrogen-bond donors (Lipinski definition) is 0. The Morgan fingerprint density at radius 2 is 0.852 bits per heavy atom. The Balaban J connectivity index is 1.25. The maximum Gasteiger partial charge on any atom is 0.0886 e. The summed E-state index contributed by atoms with van der Waals surface area (Å²) in [5.74, 6) is 0. The van der Waals surface area contributed by atoms with Gasteiger partial charge in [0, 0.05) is 35.7 Å². The second-order valence-corrected chi connectivity index (χ2v) is 13.3. The van der Waals surface area contributed by atoms with Crippen LogP contribution in [0, 0.1) is 0 Å². The molecule has 4 heteroatoms. The number of nitrogens with zero attached hydrogens (tertiary/aromatic N) is 4. The molecule has 0 unspecified atom stereocenters. The maximum absolute atomic E-state index is 5.14. The topological polar surface area (TPSA) is 41.9 Å². The van der Waals surface area contributed by atoms with Gasteiger partial charge in [0.15, 0.2) is 0 Å². The Kier molecular flexibility index (Phi) is 8.76. The predicted octanol–water partition coefficient (Wildman–Crippen LogP) is 12.0. The molecule has 1 aliphatic carbocycles. The molecule has 9 rings (SSSR count). The minimum atomic E-state index is -0.696. The summed E-state index contributed by atoms with van der Waals surface area (Å²) < 4.78 is 0. The maximum atomic E-state index is 5.14. The van der Waals surface area contributed by atoms with Crippen LogP contribution in [0.1, 0.15) is 44.9 Å². The quantitative estimate of drug-likeness (QED) is 0.151.